The minimum atomic E-state index is 0.515. The average Bonchev–Trinajstić information content (AvgIpc) is 2.40. The fourth-order valence-electron chi connectivity index (χ4n) is 2.07. The van der Waals surface area contributed by atoms with Gasteiger partial charge in [0.15, 0.2) is 5.69 Å². The van der Waals surface area contributed by atoms with Crippen LogP contribution in [0, 0.1) is 11.3 Å². The van der Waals surface area contributed by atoms with E-state index in [0.29, 0.717) is 10.9 Å². The van der Waals surface area contributed by atoms with E-state index in [1.54, 1.807) is 25.1 Å². The lowest BCUT2D eigenvalue weighted by molar-refractivity contribution is 0.411. The molecule has 1 aliphatic rings. The van der Waals surface area contributed by atoms with E-state index in [9.17, 15) is 0 Å². The molecule has 1 heterocycles. The van der Waals surface area contributed by atoms with Gasteiger partial charge >= 0.3 is 0 Å². The third-order valence-corrected chi connectivity index (χ3v) is 4.38. The van der Waals surface area contributed by atoms with Crippen molar-refractivity contribution in [2.45, 2.75) is 42.2 Å². The summed E-state index contributed by atoms with van der Waals surface area (Å²) in [5, 5.41) is 9.67. The molecule has 1 aromatic heterocycles. The molecule has 0 radical (unpaired) electrons. The first-order valence-corrected chi connectivity index (χ1v) is 6.82. The molecule has 2 rings (SSSR count). The summed E-state index contributed by atoms with van der Waals surface area (Å²) in [5.41, 5.74) is 0.515. The molecule has 0 unspecified atom stereocenters. The second-order valence-corrected chi connectivity index (χ2v) is 5.55. The van der Waals surface area contributed by atoms with Gasteiger partial charge in [0.2, 0.25) is 0 Å². The van der Waals surface area contributed by atoms with Crippen molar-refractivity contribution in [3.05, 3.63) is 18.0 Å². The van der Waals surface area contributed by atoms with E-state index in [0.717, 1.165) is 10.6 Å². The number of pyridine rings is 1. The van der Waals surface area contributed by atoms with E-state index in [1.807, 2.05) is 6.07 Å². The molecule has 17 heavy (non-hydrogen) atoms. The monoisotopic (exact) mass is 248 g/mol. The number of nitriles is 1. The highest BCUT2D eigenvalue weighted by Gasteiger charge is 2.17. The Hall–Kier alpha value is -1.21. The third-order valence-electron chi connectivity index (χ3n) is 3.02. The van der Waals surface area contributed by atoms with Crippen LogP contribution in [0.3, 0.4) is 0 Å². The summed E-state index contributed by atoms with van der Waals surface area (Å²) in [7, 11) is 1.62. The maximum absolute atomic E-state index is 9.04. The molecule has 0 aliphatic heterocycles. The van der Waals surface area contributed by atoms with E-state index in [4.69, 9.17) is 10.00 Å². The Morgan fingerprint density at radius 2 is 2.18 bits per heavy atom. The molecule has 4 heteroatoms. The van der Waals surface area contributed by atoms with Crippen molar-refractivity contribution >= 4 is 11.8 Å². The Kier molecular flexibility index (Phi) is 4.27. The van der Waals surface area contributed by atoms with Gasteiger partial charge < -0.3 is 4.74 Å². The molecule has 0 spiro atoms. The zero-order chi connectivity index (χ0) is 12.1. The van der Waals surface area contributed by atoms with Crippen molar-refractivity contribution < 1.29 is 4.74 Å². The maximum Gasteiger partial charge on any atom is 0.154 e. The SMILES string of the molecule is COc1cnc(C#N)c(SC2CCCCC2)c1. The molecule has 0 amide bonds. The molecule has 1 saturated carbocycles. The molecule has 1 aliphatic carbocycles. The standard InChI is InChI=1S/C13H16N2OS/c1-16-10-7-13(12(8-14)15-9-10)17-11-5-3-2-4-6-11/h7,9,11H,2-6H2,1H3. The van der Waals surface area contributed by atoms with Crippen LogP contribution in [0.2, 0.25) is 0 Å². The fourth-order valence-corrected chi connectivity index (χ4v) is 3.40. The van der Waals surface area contributed by atoms with Gasteiger partial charge in [-0.2, -0.15) is 5.26 Å². The van der Waals surface area contributed by atoms with Crippen molar-refractivity contribution in [3.8, 4) is 11.8 Å². The number of hydrogen-bond acceptors (Lipinski definition) is 4. The molecule has 0 aromatic carbocycles. The Morgan fingerprint density at radius 1 is 1.41 bits per heavy atom. The Bertz CT molecular complexity index is 422. The second-order valence-electron chi connectivity index (χ2n) is 4.21. The lowest BCUT2D eigenvalue weighted by atomic mass is 10.0. The zero-order valence-electron chi connectivity index (χ0n) is 9.98. The summed E-state index contributed by atoms with van der Waals surface area (Å²) in [4.78, 5) is 5.08. The molecule has 1 aromatic rings. The van der Waals surface area contributed by atoms with Gasteiger partial charge in [0.25, 0.3) is 0 Å². The van der Waals surface area contributed by atoms with Crippen LogP contribution >= 0.6 is 11.8 Å². The minimum absolute atomic E-state index is 0.515. The van der Waals surface area contributed by atoms with Crippen molar-refractivity contribution in [2.24, 2.45) is 0 Å². The first kappa shape index (κ1) is 12.3. The summed E-state index contributed by atoms with van der Waals surface area (Å²) in [6.45, 7) is 0. The third kappa shape index (κ3) is 3.13. The van der Waals surface area contributed by atoms with Crippen LogP contribution in [0.5, 0.6) is 5.75 Å². The largest absolute Gasteiger partial charge is 0.495 e. The van der Waals surface area contributed by atoms with Gasteiger partial charge in [0.1, 0.15) is 11.8 Å². The zero-order valence-corrected chi connectivity index (χ0v) is 10.8. The fraction of sp³-hybridized carbons (Fsp3) is 0.538. The summed E-state index contributed by atoms with van der Waals surface area (Å²) in [6, 6.07) is 4.07. The number of aromatic nitrogens is 1. The topological polar surface area (TPSA) is 45.9 Å². The van der Waals surface area contributed by atoms with Gasteiger partial charge in [-0.25, -0.2) is 4.98 Å². The van der Waals surface area contributed by atoms with Crippen LogP contribution in [0.1, 0.15) is 37.8 Å². The number of ether oxygens (including phenoxy) is 1. The second kappa shape index (κ2) is 5.92. The smallest absolute Gasteiger partial charge is 0.154 e. The van der Waals surface area contributed by atoms with Gasteiger partial charge in [-0.05, 0) is 18.9 Å². The summed E-state index contributed by atoms with van der Waals surface area (Å²) >= 11 is 1.78. The molecule has 0 atom stereocenters. The molecular weight excluding hydrogens is 232 g/mol. The van der Waals surface area contributed by atoms with Gasteiger partial charge in [0, 0.05) is 10.1 Å². The number of rotatable bonds is 3. The maximum atomic E-state index is 9.04. The Labute approximate surface area is 106 Å². The Balaban J connectivity index is 2.14. The molecule has 0 saturated heterocycles. The molecule has 0 bridgehead atoms. The first-order chi connectivity index (χ1) is 8.33. The van der Waals surface area contributed by atoms with Crippen LogP contribution in [-0.2, 0) is 0 Å². The normalized spacial score (nSPS) is 16.5. The van der Waals surface area contributed by atoms with E-state index in [2.05, 4.69) is 11.1 Å². The first-order valence-electron chi connectivity index (χ1n) is 5.94. The predicted octanol–water partition coefficient (Wildman–Crippen LogP) is 3.39. The van der Waals surface area contributed by atoms with Gasteiger partial charge in [-0.15, -0.1) is 11.8 Å². The highest BCUT2D eigenvalue weighted by Crippen LogP contribution is 2.35. The average molecular weight is 248 g/mol. The lowest BCUT2D eigenvalue weighted by Gasteiger charge is -2.21. The molecule has 0 N–H and O–H groups in total. The Morgan fingerprint density at radius 3 is 2.82 bits per heavy atom. The van der Waals surface area contributed by atoms with Crippen molar-refractivity contribution in [1.82, 2.24) is 4.98 Å². The van der Waals surface area contributed by atoms with E-state index in [-0.39, 0.29) is 0 Å². The van der Waals surface area contributed by atoms with Crippen LogP contribution < -0.4 is 4.74 Å². The van der Waals surface area contributed by atoms with Crippen LogP contribution in [0.15, 0.2) is 17.2 Å². The molecule has 3 nitrogen and oxygen atoms in total. The predicted molar refractivity (Wildman–Crippen MR) is 68.2 cm³/mol. The number of hydrogen-bond donors (Lipinski definition) is 0. The molecule has 1 fully saturated rings. The van der Waals surface area contributed by atoms with E-state index < -0.39 is 0 Å². The lowest BCUT2D eigenvalue weighted by Crippen LogP contribution is -2.08. The quantitative estimate of drug-likeness (QED) is 0.822. The van der Waals surface area contributed by atoms with Crippen LogP contribution in [-0.4, -0.2) is 17.3 Å². The number of nitrogens with zero attached hydrogens (tertiary/aromatic N) is 2. The van der Waals surface area contributed by atoms with Gasteiger partial charge in [0.05, 0.1) is 13.3 Å². The van der Waals surface area contributed by atoms with Crippen molar-refractivity contribution in [2.75, 3.05) is 7.11 Å². The summed E-state index contributed by atoms with van der Waals surface area (Å²) < 4.78 is 5.16. The molecule has 90 valence electrons. The minimum Gasteiger partial charge on any atom is -0.495 e. The highest BCUT2D eigenvalue weighted by atomic mass is 32.2. The summed E-state index contributed by atoms with van der Waals surface area (Å²) in [5.74, 6) is 0.724. The van der Waals surface area contributed by atoms with Crippen molar-refractivity contribution in [1.29, 1.82) is 5.26 Å². The van der Waals surface area contributed by atoms with Gasteiger partial charge in [-0.1, -0.05) is 19.3 Å². The number of thioether (sulfide) groups is 1. The van der Waals surface area contributed by atoms with Crippen LogP contribution in [0.4, 0.5) is 0 Å². The van der Waals surface area contributed by atoms with E-state index >= 15 is 0 Å². The highest BCUT2D eigenvalue weighted by molar-refractivity contribution is 8.00. The van der Waals surface area contributed by atoms with Gasteiger partial charge in [-0.3, -0.25) is 0 Å². The molecular formula is C13H16N2OS. The number of methoxy groups -OCH3 is 1. The van der Waals surface area contributed by atoms with E-state index in [1.165, 1.54) is 32.1 Å². The summed E-state index contributed by atoms with van der Waals surface area (Å²) in [6.07, 6.45) is 8.04. The van der Waals surface area contributed by atoms with Crippen molar-refractivity contribution in [3.63, 3.8) is 0 Å². The van der Waals surface area contributed by atoms with Crippen LogP contribution in [0.25, 0.3) is 0 Å².